The summed E-state index contributed by atoms with van der Waals surface area (Å²) < 4.78 is 13.1. The molecule has 6 heteroatoms. The van der Waals surface area contributed by atoms with Crippen LogP contribution in [0.2, 0.25) is 0 Å². The van der Waals surface area contributed by atoms with Gasteiger partial charge in [0.15, 0.2) is 0 Å². The second kappa shape index (κ2) is 5.46. The number of rotatable bonds is 4. The van der Waals surface area contributed by atoms with Gasteiger partial charge in [-0.1, -0.05) is 0 Å². The maximum absolute atomic E-state index is 13.1. The minimum Gasteiger partial charge on any atom is -0.351 e. The standard InChI is InChI=1S/C16H13FN4S/c17-11-3-1-10(2-4-11)14-15(22-9-19-14)13-7-8-18-16(21-13)20-12-5-6-12/h1-4,7-9,12H,5-6H2,(H,18,20,21). The topological polar surface area (TPSA) is 50.7 Å². The molecule has 0 atom stereocenters. The number of aromatic nitrogens is 3. The highest BCUT2D eigenvalue weighted by molar-refractivity contribution is 7.13. The van der Waals surface area contributed by atoms with E-state index in [2.05, 4.69) is 20.3 Å². The van der Waals surface area contributed by atoms with Crippen LogP contribution >= 0.6 is 11.3 Å². The Balaban J connectivity index is 1.71. The van der Waals surface area contributed by atoms with Crippen molar-refractivity contribution >= 4 is 17.3 Å². The molecule has 0 spiro atoms. The van der Waals surface area contributed by atoms with Crippen LogP contribution in [0, 0.1) is 5.82 Å². The summed E-state index contributed by atoms with van der Waals surface area (Å²) in [6, 6.07) is 8.74. The van der Waals surface area contributed by atoms with Gasteiger partial charge in [-0.3, -0.25) is 0 Å². The molecule has 1 saturated carbocycles. The van der Waals surface area contributed by atoms with Gasteiger partial charge in [0.25, 0.3) is 0 Å². The zero-order chi connectivity index (χ0) is 14.9. The summed E-state index contributed by atoms with van der Waals surface area (Å²) in [6.45, 7) is 0. The Morgan fingerprint density at radius 1 is 1.09 bits per heavy atom. The lowest BCUT2D eigenvalue weighted by molar-refractivity contribution is 0.628. The van der Waals surface area contributed by atoms with Gasteiger partial charge in [0.1, 0.15) is 5.82 Å². The lowest BCUT2D eigenvalue weighted by Gasteiger charge is -2.05. The second-order valence-electron chi connectivity index (χ2n) is 5.22. The van der Waals surface area contributed by atoms with Crippen molar-refractivity contribution in [3.8, 4) is 21.8 Å². The van der Waals surface area contributed by atoms with Gasteiger partial charge in [-0.2, -0.15) is 0 Å². The van der Waals surface area contributed by atoms with Crippen molar-refractivity contribution < 1.29 is 4.39 Å². The van der Waals surface area contributed by atoms with Crippen LogP contribution in [0.25, 0.3) is 21.8 Å². The second-order valence-corrected chi connectivity index (χ2v) is 6.08. The van der Waals surface area contributed by atoms with Gasteiger partial charge >= 0.3 is 0 Å². The Morgan fingerprint density at radius 2 is 1.91 bits per heavy atom. The molecule has 1 aliphatic carbocycles. The minimum absolute atomic E-state index is 0.251. The summed E-state index contributed by atoms with van der Waals surface area (Å²) in [5, 5.41) is 3.30. The SMILES string of the molecule is Fc1ccc(-c2ncsc2-c2ccnc(NC3CC3)n2)cc1. The molecule has 2 heterocycles. The van der Waals surface area contributed by atoms with Crippen LogP contribution in [-0.4, -0.2) is 21.0 Å². The zero-order valence-electron chi connectivity index (χ0n) is 11.7. The highest BCUT2D eigenvalue weighted by Crippen LogP contribution is 2.34. The first-order valence-corrected chi connectivity index (χ1v) is 7.97. The summed E-state index contributed by atoms with van der Waals surface area (Å²) in [5.74, 6) is 0.400. The molecule has 1 aromatic carbocycles. The molecule has 0 aliphatic heterocycles. The number of thiazole rings is 1. The molecule has 22 heavy (non-hydrogen) atoms. The monoisotopic (exact) mass is 312 g/mol. The molecule has 3 aromatic rings. The largest absolute Gasteiger partial charge is 0.351 e. The predicted octanol–water partition coefficient (Wildman–Crippen LogP) is 3.98. The fourth-order valence-electron chi connectivity index (χ4n) is 2.21. The number of anilines is 1. The van der Waals surface area contributed by atoms with Gasteiger partial charge in [-0.15, -0.1) is 11.3 Å². The van der Waals surface area contributed by atoms with E-state index in [1.54, 1.807) is 23.8 Å². The first-order chi connectivity index (χ1) is 10.8. The number of nitrogens with one attached hydrogen (secondary N) is 1. The predicted molar refractivity (Wildman–Crippen MR) is 85.2 cm³/mol. The Kier molecular flexibility index (Phi) is 3.31. The normalized spacial score (nSPS) is 14.0. The number of hydrogen-bond acceptors (Lipinski definition) is 5. The van der Waals surface area contributed by atoms with Crippen molar-refractivity contribution in [2.24, 2.45) is 0 Å². The minimum atomic E-state index is -0.251. The van der Waals surface area contributed by atoms with Crippen LogP contribution in [0.1, 0.15) is 12.8 Å². The molecular formula is C16H13FN4S. The van der Waals surface area contributed by atoms with Gasteiger partial charge in [0, 0.05) is 17.8 Å². The molecule has 0 radical (unpaired) electrons. The van der Waals surface area contributed by atoms with Gasteiger partial charge in [-0.25, -0.2) is 19.3 Å². The number of nitrogens with zero attached hydrogens (tertiary/aromatic N) is 3. The van der Waals surface area contributed by atoms with Crippen molar-refractivity contribution in [2.45, 2.75) is 18.9 Å². The van der Waals surface area contributed by atoms with Crippen molar-refractivity contribution in [3.05, 3.63) is 47.9 Å². The number of benzene rings is 1. The molecule has 0 unspecified atom stereocenters. The van der Waals surface area contributed by atoms with Gasteiger partial charge in [0.2, 0.25) is 5.95 Å². The van der Waals surface area contributed by atoms with Crippen LogP contribution in [0.4, 0.5) is 10.3 Å². The Labute approximate surface area is 131 Å². The number of halogens is 1. The Hall–Kier alpha value is -2.34. The van der Waals surface area contributed by atoms with Crippen LogP contribution in [0.3, 0.4) is 0 Å². The van der Waals surface area contributed by atoms with E-state index >= 15 is 0 Å². The smallest absolute Gasteiger partial charge is 0.223 e. The fourth-order valence-corrected chi connectivity index (χ4v) is 2.99. The molecular weight excluding hydrogens is 299 g/mol. The van der Waals surface area contributed by atoms with Crippen molar-refractivity contribution in [1.29, 1.82) is 0 Å². The fraction of sp³-hybridized carbons (Fsp3) is 0.188. The third-order valence-corrected chi connectivity index (χ3v) is 4.33. The molecule has 1 aliphatic rings. The van der Waals surface area contributed by atoms with E-state index in [9.17, 15) is 4.39 Å². The van der Waals surface area contributed by atoms with Gasteiger partial charge in [-0.05, 0) is 43.2 Å². The summed E-state index contributed by atoms with van der Waals surface area (Å²) in [5.41, 5.74) is 4.32. The molecule has 2 aromatic heterocycles. The maximum atomic E-state index is 13.1. The third-order valence-electron chi connectivity index (χ3n) is 3.48. The lowest BCUT2D eigenvalue weighted by atomic mass is 10.1. The lowest BCUT2D eigenvalue weighted by Crippen LogP contribution is -2.05. The van der Waals surface area contributed by atoms with Crippen LogP contribution < -0.4 is 5.32 Å². The summed E-state index contributed by atoms with van der Waals surface area (Å²) in [7, 11) is 0. The van der Waals surface area contributed by atoms with Crippen molar-refractivity contribution in [2.75, 3.05) is 5.32 Å². The zero-order valence-corrected chi connectivity index (χ0v) is 12.5. The van der Waals surface area contributed by atoms with Gasteiger partial charge in [0.05, 0.1) is 21.8 Å². The number of hydrogen-bond donors (Lipinski definition) is 1. The van der Waals surface area contributed by atoms with E-state index in [0.29, 0.717) is 12.0 Å². The average Bonchev–Trinajstić information content (AvgIpc) is 3.21. The van der Waals surface area contributed by atoms with Crippen LogP contribution in [-0.2, 0) is 0 Å². The first-order valence-electron chi connectivity index (χ1n) is 7.09. The van der Waals surface area contributed by atoms with E-state index in [0.717, 1.165) is 21.8 Å². The van der Waals surface area contributed by atoms with Crippen molar-refractivity contribution in [1.82, 2.24) is 15.0 Å². The molecule has 1 N–H and O–H groups in total. The summed E-state index contributed by atoms with van der Waals surface area (Å²) >= 11 is 1.52. The molecule has 0 bridgehead atoms. The van der Waals surface area contributed by atoms with Gasteiger partial charge < -0.3 is 5.32 Å². The summed E-state index contributed by atoms with van der Waals surface area (Å²) in [6.07, 6.45) is 4.10. The highest BCUT2D eigenvalue weighted by atomic mass is 32.1. The first kappa shape index (κ1) is 13.3. The average molecular weight is 312 g/mol. The van der Waals surface area contributed by atoms with Crippen molar-refractivity contribution in [3.63, 3.8) is 0 Å². The Morgan fingerprint density at radius 3 is 2.68 bits per heavy atom. The third kappa shape index (κ3) is 2.69. The molecule has 0 amide bonds. The van der Waals surface area contributed by atoms with Crippen LogP contribution in [0.5, 0.6) is 0 Å². The molecule has 1 fully saturated rings. The summed E-state index contributed by atoms with van der Waals surface area (Å²) in [4.78, 5) is 14.2. The Bertz CT molecular complexity index is 796. The van der Waals surface area contributed by atoms with E-state index in [-0.39, 0.29) is 5.82 Å². The molecule has 110 valence electrons. The molecule has 4 rings (SSSR count). The molecule has 0 saturated heterocycles. The van der Waals surface area contributed by atoms with E-state index in [4.69, 9.17) is 0 Å². The van der Waals surface area contributed by atoms with E-state index in [1.807, 2.05) is 6.07 Å². The maximum Gasteiger partial charge on any atom is 0.223 e. The van der Waals surface area contributed by atoms with E-state index in [1.165, 1.54) is 36.3 Å². The van der Waals surface area contributed by atoms with E-state index < -0.39 is 0 Å². The molecule has 4 nitrogen and oxygen atoms in total. The van der Waals surface area contributed by atoms with Crippen LogP contribution in [0.15, 0.2) is 42.0 Å². The quantitative estimate of drug-likeness (QED) is 0.791. The highest BCUT2D eigenvalue weighted by Gasteiger charge is 2.22.